The van der Waals surface area contributed by atoms with Crippen LogP contribution in [0.1, 0.15) is 15.9 Å². The summed E-state index contributed by atoms with van der Waals surface area (Å²) in [6.07, 6.45) is 0. The average Bonchev–Trinajstić information content (AvgIpc) is 2.81. The molecule has 0 aliphatic heterocycles. The normalized spacial score (nSPS) is 11.6. The first-order valence-corrected chi connectivity index (χ1v) is 11.1. The molecule has 0 heterocycles. The molecule has 32 heavy (non-hydrogen) atoms. The SMILES string of the molecule is Cc1ccc(NC(=O)c2ccccc2N(c2cccc(-c3ccccc3)c2)S(=O)[O-])cc1. The Morgan fingerprint density at radius 1 is 0.812 bits per heavy atom. The van der Waals surface area contributed by atoms with Crippen LogP contribution in [0, 0.1) is 6.92 Å². The molecular formula is C26H21N2O3S-. The summed E-state index contributed by atoms with van der Waals surface area (Å²) in [5.74, 6) is -0.390. The van der Waals surface area contributed by atoms with E-state index in [2.05, 4.69) is 5.32 Å². The van der Waals surface area contributed by atoms with Gasteiger partial charge < -0.3 is 9.87 Å². The molecule has 6 heteroatoms. The number of aryl methyl sites for hydroxylation is 1. The average molecular weight is 442 g/mol. The van der Waals surface area contributed by atoms with Crippen molar-refractivity contribution in [2.75, 3.05) is 9.62 Å². The number of rotatable bonds is 6. The monoisotopic (exact) mass is 441 g/mol. The second kappa shape index (κ2) is 9.60. The Balaban J connectivity index is 1.72. The van der Waals surface area contributed by atoms with Crippen molar-refractivity contribution in [3.8, 4) is 11.1 Å². The Hall–Kier alpha value is -3.74. The predicted molar refractivity (Wildman–Crippen MR) is 129 cm³/mol. The van der Waals surface area contributed by atoms with Crippen molar-refractivity contribution in [2.24, 2.45) is 0 Å². The summed E-state index contributed by atoms with van der Waals surface area (Å²) in [6.45, 7) is 1.96. The van der Waals surface area contributed by atoms with Crippen LogP contribution < -0.4 is 9.62 Å². The highest BCUT2D eigenvalue weighted by Crippen LogP contribution is 2.33. The van der Waals surface area contributed by atoms with Crippen LogP contribution in [0.15, 0.2) is 103 Å². The fourth-order valence-electron chi connectivity index (χ4n) is 3.43. The zero-order valence-corrected chi connectivity index (χ0v) is 18.2. The van der Waals surface area contributed by atoms with Crippen LogP contribution in [-0.2, 0) is 11.3 Å². The molecule has 1 unspecified atom stereocenters. The minimum absolute atomic E-state index is 0.252. The smallest absolute Gasteiger partial charge is 0.257 e. The lowest BCUT2D eigenvalue weighted by molar-refractivity contribution is 0.102. The van der Waals surface area contributed by atoms with Gasteiger partial charge >= 0.3 is 0 Å². The van der Waals surface area contributed by atoms with Crippen LogP contribution in [0.2, 0.25) is 0 Å². The van der Waals surface area contributed by atoms with Gasteiger partial charge in [-0.25, -0.2) is 0 Å². The number of carbonyl (C=O) groups excluding carboxylic acids is 1. The number of para-hydroxylation sites is 1. The lowest BCUT2D eigenvalue weighted by Gasteiger charge is -2.28. The molecule has 1 atom stereocenters. The molecule has 0 aliphatic rings. The van der Waals surface area contributed by atoms with Crippen LogP contribution in [0.3, 0.4) is 0 Å². The minimum Gasteiger partial charge on any atom is -0.755 e. The van der Waals surface area contributed by atoms with Crippen molar-refractivity contribution in [1.82, 2.24) is 0 Å². The van der Waals surface area contributed by atoms with E-state index in [0.717, 1.165) is 21.0 Å². The van der Waals surface area contributed by atoms with Crippen LogP contribution in [0.25, 0.3) is 11.1 Å². The Labute approximate surface area is 189 Å². The van der Waals surface area contributed by atoms with Gasteiger partial charge in [-0.2, -0.15) is 0 Å². The van der Waals surface area contributed by atoms with Gasteiger partial charge in [0.05, 0.1) is 28.2 Å². The molecule has 1 amide bonds. The molecule has 5 nitrogen and oxygen atoms in total. The van der Waals surface area contributed by atoms with Crippen molar-refractivity contribution < 1.29 is 13.6 Å². The van der Waals surface area contributed by atoms with Gasteiger partial charge in [-0.05, 0) is 54.4 Å². The number of anilines is 3. The maximum absolute atomic E-state index is 13.0. The van der Waals surface area contributed by atoms with Crippen LogP contribution in [0.4, 0.5) is 17.1 Å². The summed E-state index contributed by atoms with van der Waals surface area (Å²) in [6, 6.07) is 31.0. The molecule has 160 valence electrons. The second-order valence-electron chi connectivity index (χ2n) is 7.27. The third kappa shape index (κ3) is 4.77. The van der Waals surface area contributed by atoms with E-state index in [4.69, 9.17) is 0 Å². The molecule has 1 N–H and O–H groups in total. The van der Waals surface area contributed by atoms with Gasteiger partial charge in [-0.1, -0.05) is 72.3 Å². The highest BCUT2D eigenvalue weighted by Gasteiger charge is 2.19. The zero-order chi connectivity index (χ0) is 22.5. The molecule has 4 rings (SSSR count). The van der Waals surface area contributed by atoms with Crippen molar-refractivity contribution in [3.05, 3.63) is 114 Å². The van der Waals surface area contributed by atoms with Gasteiger partial charge in [0.1, 0.15) is 0 Å². The Morgan fingerprint density at radius 2 is 1.47 bits per heavy atom. The number of carbonyl (C=O) groups is 1. The molecule has 0 saturated carbocycles. The van der Waals surface area contributed by atoms with Gasteiger partial charge in [-0.3, -0.25) is 13.3 Å². The lowest BCUT2D eigenvalue weighted by atomic mass is 10.0. The first-order chi connectivity index (χ1) is 15.5. The molecule has 0 spiro atoms. The fraction of sp³-hybridized carbons (Fsp3) is 0.0385. The van der Waals surface area contributed by atoms with Gasteiger partial charge in [0.25, 0.3) is 5.91 Å². The van der Waals surface area contributed by atoms with E-state index >= 15 is 0 Å². The lowest BCUT2D eigenvalue weighted by Crippen LogP contribution is -2.23. The van der Waals surface area contributed by atoms with Crippen LogP contribution in [0.5, 0.6) is 0 Å². The molecule has 0 bridgehead atoms. The molecule has 0 fully saturated rings. The van der Waals surface area contributed by atoms with Crippen molar-refractivity contribution in [3.63, 3.8) is 0 Å². The molecule has 0 aliphatic carbocycles. The summed E-state index contributed by atoms with van der Waals surface area (Å²) < 4.78 is 25.8. The predicted octanol–water partition coefficient (Wildman–Crippen LogP) is 5.85. The van der Waals surface area contributed by atoms with E-state index < -0.39 is 11.3 Å². The molecule has 4 aromatic rings. The van der Waals surface area contributed by atoms with E-state index in [9.17, 15) is 13.6 Å². The molecule has 0 aromatic heterocycles. The van der Waals surface area contributed by atoms with E-state index in [0.29, 0.717) is 11.4 Å². The molecule has 4 aromatic carbocycles. The third-order valence-electron chi connectivity index (χ3n) is 5.01. The number of hydrogen-bond donors (Lipinski definition) is 1. The number of amides is 1. The number of hydrogen-bond acceptors (Lipinski definition) is 3. The Kier molecular flexibility index (Phi) is 6.44. The van der Waals surface area contributed by atoms with Crippen LogP contribution in [-0.4, -0.2) is 14.7 Å². The Bertz CT molecular complexity index is 1260. The topological polar surface area (TPSA) is 72.5 Å². The standard InChI is InChI=1S/C26H22N2O3S/c1-19-14-16-22(17-15-19)27-26(29)24-12-5-6-13-25(24)28(32(30)31)23-11-7-10-21(18-23)20-8-3-2-4-9-20/h2-18H,1H3,(H,27,29)(H,30,31)/p-1. The van der Waals surface area contributed by atoms with Crippen LogP contribution >= 0.6 is 0 Å². The van der Waals surface area contributed by atoms with Gasteiger partial charge in [0.15, 0.2) is 0 Å². The van der Waals surface area contributed by atoms with Crippen molar-refractivity contribution in [2.45, 2.75) is 6.92 Å². The quantitative estimate of drug-likeness (QED) is 0.382. The number of nitrogens with zero attached hydrogens (tertiary/aromatic N) is 1. The maximum atomic E-state index is 13.0. The summed E-state index contributed by atoms with van der Waals surface area (Å²) in [5.41, 5.74) is 4.52. The molecule has 0 saturated heterocycles. The van der Waals surface area contributed by atoms with E-state index in [1.165, 1.54) is 0 Å². The highest BCUT2D eigenvalue weighted by molar-refractivity contribution is 7.81. The van der Waals surface area contributed by atoms with Crippen molar-refractivity contribution >= 4 is 34.2 Å². The zero-order valence-electron chi connectivity index (χ0n) is 17.4. The molecule has 0 radical (unpaired) electrons. The third-order valence-corrected chi connectivity index (χ3v) is 5.72. The summed E-state index contributed by atoms with van der Waals surface area (Å²) in [4.78, 5) is 13.0. The van der Waals surface area contributed by atoms with Gasteiger partial charge in [0.2, 0.25) is 0 Å². The summed E-state index contributed by atoms with van der Waals surface area (Å²) >= 11 is -2.64. The van der Waals surface area contributed by atoms with E-state index in [-0.39, 0.29) is 17.2 Å². The first-order valence-electron chi connectivity index (χ1n) is 10.0. The van der Waals surface area contributed by atoms with Gasteiger partial charge in [0, 0.05) is 5.69 Å². The van der Waals surface area contributed by atoms with Gasteiger partial charge in [-0.15, -0.1) is 0 Å². The summed E-state index contributed by atoms with van der Waals surface area (Å²) in [5, 5.41) is 2.84. The number of benzene rings is 4. The summed E-state index contributed by atoms with van der Waals surface area (Å²) in [7, 11) is 0. The fourth-order valence-corrected chi connectivity index (χ4v) is 4.03. The minimum atomic E-state index is -2.64. The maximum Gasteiger partial charge on any atom is 0.257 e. The van der Waals surface area contributed by atoms with Crippen molar-refractivity contribution in [1.29, 1.82) is 0 Å². The second-order valence-corrected chi connectivity index (χ2v) is 8.06. The van der Waals surface area contributed by atoms with E-state index in [1.54, 1.807) is 42.5 Å². The van der Waals surface area contributed by atoms with E-state index in [1.807, 2.05) is 67.6 Å². The largest absolute Gasteiger partial charge is 0.755 e. The highest BCUT2D eigenvalue weighted by atomic mass is 32.2. The number of nitrogens with one attached hydrogen (secondary N) is 1. The Morgan fingerprint density at radius 3 is 2.19 bits per heavy atom. The molecular weight excluding hydrogens is 420 g/mol. The first kappa shape index (κ1) is 21.5.